The van der Waals surface area contributed by atoms with Gasteiger partial charge in [0, 0.05) is 11.1 Å². The second-order valence-electron chi connectivity index (χ2n) is 6.03. The number of carboxylic acids is 1. The first-order chi connectivity index (χ1) is 12.0. The normalized spacial score (nSPS) is 14.6. The molecule has 0 aliphatic heterocycles. The Kier molecular flexibility index (Phi) is 7.76. The van der Waals surface area contributed by atoms with Gasteiger partial charge in [0.05, 0.1) is 11.4 Å². The number of thioether (sulfide) groups is 1. The number of carbonyl (C=O) groups is 1. The van der Waals surface area contributed by atoms with Gasteiger partial charge in [0.15, 0.2) is 0 Å². The van der Waals surface area contributed by atoms with E-state index in [0.29, 0.717) is 12.8 Å². The first-order valence-electron chi connectivity index (χ1n) is 8.22. The Hall–Kier alpha value is -1.55. The summed E-state index contributed by atoms with van der Waals surface area (Å²) < 4.78 is 12.4. The molecule has 0 aliphatic rings. The SMILES string of the molecule is O=C(O)C(CCCc1ccccc1)CP(=O)(O)CSc1ccccc1. The molecule has 2 unspecified atom stereocenters. The quantitative estimate of drug-likeness (QED) is 0.462. The second-order valence-corrected chi connectivity index (χ2v) is 9.88. The summed E-state index contributed by atoms with van der Waals surface area (Å²) >= 11 is 1.30. The van der Waals surface area contributed by atoms with Crippen LogP contribution in [0.15, 0.2) is 65.6 Å². The van der Waals surface area contributed by atoms with Crippen LogP contribution in [0.3, 0.4) is 0 Å². The Balaban J connectivity index is 1.84. The maximum Gasteiger partial charge on any atom is 0.307 e. The summed E-state index contributed by atoms with van der Waals surface area (Å²) in [6, 6.07) is 19.2. The molecule has 0 saturated heterocycles. The average molecular weight is 378 g/mol. The number of hydrogen-bond acceptors (Lipinski definition) is 3. The third-order valence-corrected chi connectivity index (χ3v) is 7.64. The zero-order valence-electron chi connectivity index (χ0n) is 14.0. The molecule has 2 aromatic carbocycles. The fourth-order valence-corrected chi connectivity index (χ4v) is 5.78. The van der Waals surface area contributed by atoms with Gasteiger partial charge in [0.25, 0.3) is 0 Å². The first-order valence-corrected chi connectivity index (χ1v) is 11.2. The summed E-state index contributed by atoms with van der Waals surface area (Å²) in [6.45, 7) is 0. The van der Waals surface area contributed by atoms with Gasteiger partial charge in [0.2, 0.25) is 7.37 Å². The maximum atomic E-state index is 12.4. The van der Waals surface area contributed by atoms with Crippen LogP contribution in [0, 0.1) is 5.92 Å². The van der Waals surface area contributed by atoms with Gasteiger partial charge in [0.1, 0.15) is 0 Å². The molecular formula is C19H23O4PS. The van der Waals surface area contributed by atoms with E-state index in [2.05, 4.69) is 0 Å². The van der Waals surface area contributed by atoms with Crippen LogP contribution in [0.25, 0.3) is 0 Å². The van der Waals surface area contributed by atoms with Gasteiger partial charge in [-0.05, 0) is 37.0 Å². The summed E-state index contributed by atoms with van der Waals surface area (Å²) in [4.78, 5) is 22.5. The van der Waals surface area contributed by atoms with E-state index in [1.54, 1.807) is 0 Å². The van der Waals surface area contributed by atoms with E-state index in [1.807, 2.05) is 60.7 Å². The Morgan fingerprint density at radius 2 is 1.64 bits per heavy atom. The van der Waals surface area contributed by atoms with Gasteiger partial charge in [-0.2, -0.15) is 0 Å². The summed E-state index contributed by atoms with van der Waals surface area (Å²) in [5.41, 5.74) is 1.19. The number of benzene rings is 2. The topological polar surface area (TPSA) is 74.6 Å². The zero-order valence-corrected chi connectivity index (χ0v) is 15.7. The van der Waals surface area contributed by atoms with Crippen LogP contribution in [-0.4, -0.2) is 27.6 Å². The maximum absolute atomic E-state index is 12.4. The molecule has 2 atom stereocenters. The van der Waals surface area contributed by atoms with E-state index in [1.165, 1.54) is 11.8 Å². The molecule has 4 nitrogen and oxygen atoms in total. The molecule has 0 aliphatic carbocycles. The number of hydrogen-bond donors (Lipinski definition) is 2. The van der Waals surface area contributed by atoms with Gasteiger partial charge in [-0.3, -0.25) is 9.36 Å². The Morgan fingerprint density at radius 3 is 2.24 bits per heavy atom. The first kappa shape index (κ1) is 19.8. The van der Waals surface area contributed by atoms with Gasteiger partial charge in [-0.15, -0.1) is 11.8 Å². The molecule has 2 aromatic rings. The van der Waals surface area contributed by atoms with Gasteiger partial charge >= 0.3 is 5.97 Å². The molecule has 134 valence electrons. The molecule has 0 spiro atoms. The van der Waals surface area contributed by atoms with Crippen LogP contribution >= 0.6 is 19.1 Å². The molecule has 6 heteroatoms. The van der Waals surface area contributed by atoms with Crippen LogP contribution in [0.1, 0.15) is 18.4 Å². The molecule has 0 radical (unpaired) electrons. The van der Waals surface area contributed by atoms with Crippen LogP contribution in [0.4, 0.5) is 0 Å². The van der Waals surface area contributed by atoms with Crippen molar-refractivity contribution in [2.75, 3.05) is 11.7 Å². The van der Waals surface area contributed by atoms with Crippen LogP contribution < -0.4 is 0 Å². The van der Waals surface area contributed by atoms with Crippen LogP contribution in [0.2, 0.25) is 0 Å². The largest absolute Gasteiger partial charge is 0.481 e. The zero-order chi connectivity index (χ0) is 18.1. The average Bonchev–Trinajstić information content (AvgIpc) is 2.61. The molecule has 2 N–H and O–H groups in total. The fourth-order valence-electron chi connectivity index (χ4n) is 2.58. The highest BCUT2D eigenvalue weighted by Crippen LogP contribution is 2.48. The minimum Gasteiger partial charge on any atom is -0.481 e. The van der Waals surface area contributed by atoms with Crippen molar-refractivity contribution in [3.63, 3.8) is 0 Å². The van der Waals surface area contributed by atoms with Gasteiger partial charge < -0.3 is 10.00 Å². The van der Waals surface area contributed by atoms with Crippen molar-refractivity contribution in [1.82, 2.24) is 0 Å². The third-order valence-electron chi connectivity index (χ3n) is 3.89. The highest BCUT2D eigenvalue weighted by molar-refractivity contribution is 8.05. The summed E-state index contributed by atoms with van der Waals surface area (Å²) in [5, 5.41) is 9.38. The molecule has 0 heterocycles. The number of rotatable bonds is 10. The second kappa shape index (κ2) is 9.81. The van der Waals surface area contributed by atoms with Crippen molar-refractivity contribution in [3.8, 4) is 0 Å². The van der Waals surface area contributed by atoms with Gasteiger partial charge in [-0.1, -0.05) is 48.5 Å². The standard InChI is InChI=1S/C19H23O4PS/c20-19(21)17(11-7-10-16-8-3-1-4-9-16)14-24(22,23)15-25-18-12-5-2-6-13-18/h1-6,8-9,12-13,17H,7,10-11,14-15H2,(H,20,21)(H,22,23). The third kappa shape index (κ3) is 7.47. The lowest BCUT2D eigenvalue weighted by Crippen LogP contribution is -2.19. The van der Waals surface area contributed by atoms with Crippen molar-refractivity contribution in [2.24, 2.45) is 5.92 Å². The number of aryl methyl sites for hydroxylation is 1. The van der Waals surface area contributed by atoms with E-state index < -0.39 is 19.3 Å². The highest BCUT2D eigenvalue weighted by atomic mass is 32.2. The number of aliphatic carboxylic acids is 1. The van der Waals surface area contributed by atoms with E-state index in [-0.39, 0.29) is 11.7 Å². The molecule has 0 aromatic heterocycles. The summed E-state index contributed by atoms with van der Waals surface area (Å²) in [6.07, 6.45) is 1.70. The van der Waals surface area contributed by atoms with Crippen molar-refractivity contribution in [1.29, 1.82) is 0 Å². The number of carboxylic acid groups (broad SMARTS) is 1. The Labute approximate surface area is 152 Å². The van der Waals surface area contributed by atoms with Crippen LogP contribution in [0.5, 0.6) is 0 Å². The molecule has 0 bridgehead atoms. The lowest BCUT2D eigenvalue weighted by Gasteiger charge is -2.17. The molecule has 0 saturated carbocycles. The molecule has 0 amide bonds. The lowest BCUT2D eigenvalue weighted by atomic mass is 10.0. The molecule has 2 rings (SSSR count). The fraction of sp³-hybridized carbons (Fsp3) is 0.316. The molecular weight excluding hydrogens is 355 g/mol. The minimum absolute atomic E-state index is 0.0411. The van der Waals surface area contributed by atoms with Crippen molar-refractivity contribution in [2.45, 2.75) is 24.2 Å². The Bertz CT molecular complexity index is 706. The summed E-state index contributed by atoms with van der Waals surface area (Å²) in [5.74, 6) is -1.78. The highest BCUT2D eigenvalue weighted by Gasteiger charge is 2.28. The minimum atomic E-state index is -3.50. The van der Waals surface area contributed by atoms with E-state index in [0.717, 1.165) is 16.9 Å². The van der Waals surface area contributed by atoms with E-state index in [9.17, 15) is 19.4 Å². The van der Waals surface area contributed by atoms with E-state index >= 15 is 0 Å². The molecule has 25 heavy (non-hydrogen) atoms. The predicted octanol–water partition coefficient (Wildman–Crippen LogP) is 4.73. The van der Waals surface area contributed by atoms with Crippen LogP contribution in [-0.2, 0) is 15.8 Å². The van der Waals surface area contributed by atoms with Crippen molar-refractivity contribution in [3.05, 3.63) is 66.2 Å². The van der Waals surface area contributed by atoms with Crippen molar-refractivity contribution >= 4 is 25.1 Å². The predicted molar refractivity (Wildman–Crippen MR) is 102 cm³/mol. The Morgan fingerprint density at radius 1 is 1.04 bits per heavy atom. The summed E-state index contributed by atoms with van der Waals surface area (Å²) in [7, 11) is -3.50. The smallest absolute Gasteiger partial charge is 0.307 e. The molecule has 0 fully saturated rings. The monoisotopic (exact) mass is 378 g/mol. The van der Waals surface area contributed by atoms with E-state index in [4.69, 9.17) is 0 Å². The van der Waals surface area contributed by atoms with Gasteiger partial charge in [-0.25, -0.2) is 0 Å². The lowest BCUT2D eigenvalue weighted by molar-refractivity contribution is -0.141. The van der Waals surface area contributed by atoms with Crippen molar-refractivity contribution < 1.29 is 19.4 Å².